The van der Waals surface area contributed by atoms with Crippen molar-refractivity contribution >= 4 is 0 Å². The third kappa shape index (κ3) is 1.09. The van der Waals surface area contributed by atoms with Gasteiger partial charge in [-0.15, -0.1) is 5.73 Å². The SMILES string of the molecule is C=C=C(C)C1CCC1C. The fourth-order valence-corrected chi connectivity index (χ4v) is 1.44. The lowest BCUT2D eigenvalue weighted by atomic mass is 9.71. The van der Waals surface area contributed by atoms with Crippen LogP contribution in [0, 0.1) is 11.8 Å². The van der Waals surface area contributed by atoms with E-state index in [2.05, 4.69) is 26.2 Å². The summed E-state index contributed by atoms with van der Waals surface area (Å²) < 4.78 is 0. The van der Waals surface area contributed by atoms with Gasteiger partial charge >= 0.3 is 0 Å². The van der Waals surface area contributed by atoms with Gasteiger partial charge in [0.05, 0.1) is 0 Å². The zero-order valence-electron chi connectivity index (χ0n) is 6.28. The third-order valence-corrected chi connectivity index (χ3v) is 2.45. The first-order chi connectivity index (χ1) is 4.25. The highest BCUT2D eigenvalue weighted by atomic mass is 14.3. The highest BCUT2D eigenvalue weighted by molar-refractivity contribution is 5.06. The van der Waals surface area contributed by atoms with Gasteiger partial charge < -0.3 is 0 Å². The van der Waals surface area contributed by atoms with E-state index in [9.17, 15) is 0 Å². The van der Waals surface area contributed by atoms with Crippen LogP contribution in [0.2, 0.25) is 0 Å². The van der Waals surface area contributed by atoms with Crippen LogP contribution < -0.4 is 0 Å². The minimum absolute atomic E-state index is 0.808. The Morgan fingerprint density at radius 2 is 2.22 bits per heavy atom. The van der Waals surface area contributed by atoms with Crippen LogP contribution in [-0.2, 0) is 0 Å². The van der Waals surface area contributed by atoms with Crippen molar-refractivity contribution in [1.82, 2.24) is 0 Å². The van der Waals surface area contributed by atoms with Crippen molar-refractivity contribution < 1.29 is 0 Å². The smallest absolute Gasteiger partial charge is 0.0104 e. The molecular formula is C9H14. The molecule has 0 N–H and O–H groups in total. The van der Waals surface area contributed by atoms with Crippen molar-refractivity contribution in [1.29, 1.82) is 0 Å². The Hall–Kier alpha value is -0.480. The molecule has 0 spiro atoms. The molecule has 0 nitrogen and oxygen atoms in total. The Balaban J connectivity index is 2.54. The maximum Gasteiger partial charge on any atom is -0.0104 e. The molecule has 0 aromatic heterocycles. The van der Waals surface area contributed by atoms with Gasteiger partial charge in [-0.3, -0.25) is 0 Å². The number of hydrogen-bond acceptors (Lipinski definition) is 0. The molecule has 0 aromatic carbocycles. The Morgan fingerprint density at radius 1 is 1.56 bits per heavy atom. The normalized spacial score (nSPS) is 32.7. The zero-order chi connectivity index (χ0) is 6.85. The molecule has 0 bridgehead atoms. The summed E-state index contributed by atoms with van der Waals surface area (Å²) in [6.07, 6.45) is 2.75. The summed E-state index contributed by atoms with van der Waals surface area (Å²) in [4.78, 5) is 0. The fraction of sp³-hybridized carbons (Fsp3) is 0.667. The van der Waals surface area contributed by atoms with Crippen LogP contribution in [0.25, 0.3) is 0 Å². The van der Waals surface area contributed by atoms with Gasteiger partial charge in [0, 0.05) is 0 Å². The molecule has 1 aliphatic rings. The van der Waals surface area contributed by atoms with Gasteiger partial charge in [0.1, 0.15) is 0 Å². The first-order valence-corrected chi connectivity index (χ1v) is 3.62. The van der Waals surface area contributed by atoms with Crippen molar-refractivity contribution in [3.8, 4) is 0 Å². The van der Waals surface area contributed by atoms with Crippen molar-refractivity contribution in [3.63, 3.8) is 0 Å². The molecule has 1 fully saturated rings. The molecule has 0 saturated heterocycles. The minimum atomic E-state index is 0.808. The average Bonchev–Trinajstić information content (AvgIpc) is 1.84. The molecule has 0 aromatic rings. The van der Waals surface area contributed by atoms with E-state index < -0.39 is 0 Å². The van der Waals surface area contributed by atoms with Crippen LogP contribution >= 0.6 is 0 Å². The second-order valence-corrected chi connectivity index (χ2v) is 3.02. The highest BCUT2D eigenvalue weighted by Crippen LogP contribution is 2.38. The topological polar surface area (TPSA) is 0 Å². The number of allylic oxidation sites excluding steroid dienone is 1. The minimum Gasteiger partial charge on any atom is -0.130 e. The molecule has 0 aliphatic heterocycles. The molecule has 50 valence electrons. The lowest BCUT2D eigenvalue weighted by molar-refractivity contribution is 0.237. The second-order valence-electron chi connectivity index (χ2n) is 3.02. The quantitative estimate of drug-likeness (QED) is 0.469. The molecule has 1 rings (SSSR count). The van der Waals surface area contributed by atoms with Gasteiger partial charge in [-0.2, -0.15) is 0 Å². The van der Waals surface area contributed by atoms with Crippen LogP contribution in [0.3, 0.4) is 0 Å². The van der Waals surface area contributed by atoms with Gasteiger partial charge in [0.2, 0.25) is 0 Å². The van der Waals surface area contributed by atoms with Gasteiger partial charge in [0.25, 0.3) is 0 Å². The molecule has 1 saturated carbocycles. The molecule has 2 unspecified atom stereocenters. The predicted molar refractivity (Wildman–Crippen MR) is 40.2 cm³/mol. The van der Waals surface area contributed by atoms with E-state index in [0.717, 1.165) is 11.8 Å². The van der Waals surface area contributed by atoms with Crippen LogP contribution in [-0.4, -0.2) is 0 Å². The maximum atomic E-state index is 3.64. The van der Waals surface area contributed by atoms with E-state index in [1.54, 1.807) is 0 Å². The summed E-state index contributed by atoms with van der Waals surface area (Å²) in [5, 5.41) is 0. The standard InChI is InChI=1S/C9H14/c1-4-7(2)9-6-5-8(9)3/h8-9H,1,5-6H2,2-3H3. The molecule has 0 heterocycles. The molecule has 0 heteroatoms. The van der Waals surface area contributed by atoms with Crippen LogP contribution in [0.5, 0.6) is 0 Å². The van der Waals surface area contributed by atoms with E-state index >= 15 is 0 Å². The summed E-state index contributed by atoms with van der Waals surface area (Å²) in [6.45, 7) is 8.07. The van der Waals surface area contributed by atoms with E-state index in [4.69, 9.17) is 0 Å². The first-order valence-electron chi connectivity index (χ1n) is 3.62. The Morgan fingerprint density at radius 3 is 2.33 bits per heavy atom. The summed E-state index contributed by atoms with van der Waals surface area (Å²) in [5.41, 5.74) is 4.32. The van der Waals surface area contributed by atoms with Gasteiger partial charge in [-0.1, -0.05) is 13.5 Å². The molecule has 9 heavy (non-hydrogen) atoms. The van der Waals surface area contributed by atoms with Crippen LogP contribution in [0.1, 0.15) is 26.7 Å². The highest BCUT2D eigenvalue weighted by Gasteiger charge is 2.27. The Bertz CT molecular complexity index is 149. The van der Waals surface area contributed by atoms with Crippen molar-refractivity contribution in [2.45, 2.75) is 26.7 Å². The molecule has 0 amide bonds. The van der Waals surface area contributed by atoms with Crippen molar-refractivity contribution in [2.24, 2.45) is 11.8 Å². The predicted octanol–water partition coefficient (Wildman–Crippen LogP) is 2.76. The second kappa shape index (κ2) is 2.41. The number of rotatable bonds is 1. The van der Waals surface area contributed by atoms with Crippen molar-refractivity contribution in [3.05, 3.63) is 17.9 Å². The summed E-state index contributed by atoms with van der Waals surface area (Å²) >= 11 is 0. The maximum absolute atomic E-state index is 3.64. The average molecular weight is 122 g/mol. The first kappa shape index (κ1) is 6.64. The largest absolute Gasteiger partial charge is 0.130 e. The van der Waals surface area contributed by atoms with Gasteiger partial charge in [-0.25, -0.2) is 0 Å². The van der Waals surface area contributed by atoms with Crippen LogP contribution in [0.15, 0.2) is 17.9 Å². The monoisotopic (exact) mass is 122 g/mol. The summed E-state index contributed by atoms with van der Waals surface area (Å²) in [5.74, 6) is 1.70. The van der Waals surface area contributed by atoms with Crippen molar-refractivity contribution in [2.75, 3.05) is 0 Å². The fourth-order valence-electron chi connectivity index (χ4n) is 1.44. The van der Waals surface area contributed by atoms with E-state index in [0.29, 0.717) is 0 Å². The zero-order valence-corrected chi connectivity index (χ0v) is 6.28. The third-order valence-electron chi connectivity index (χ3n) is 2.45. The van der Waals surface area contributed by atoms with E-state index in [-0.39, 0.29) is 0 Å². The lowest BCUT2D eigenvalue weighted by Gasteiger charge is -2.33. The molecule has 0 radical (unpaired) electrons. The van der Waals surface area contributed by atoms with E-state index in [1.165, 1.54) is 18.4 Å². The number of hydrogen-bond donors (Lipinski definition) is 0. The van der Waals surface area contributed by atoms with E-state index in [1.807, 2.05) is 0 Å². The molecule has 1 aliphatic carbocycles. The van der Waals surface area contributed by atoms with Crippen LogP contribution in [0.4, 0.5) is 0 Å². The Kier molecular flexibility index (Phi) is 1.78. The lowest BCUT2D eigenvalue weighted by Crippen LogP contribution is -2.23. The summed E-state index contributed by atoms with van der Waals surface area (Å²) in [7, 11) is 0. The summed E-state index contributed by atoms with van der Waals surface area (Å²) in [6, 6.07) is 0. The molecule has 2 atom stereocenters. The Labute approximate surface area is 57.3 Å². The molecular weight excluding hydrogens is 108 g/mol. The van der Waals surface area contributed by atoms with Gasteiger partial charge in [0.15, 0.2) is 0 Å². The van der Waals surface area contributed by atoms with Gasteiger partial charge in [-0.05, 0) is 37.2 Å².